The molecule has 0 spiro atoms. The first kappa shape index (κ1) is 14.1. The predicted octanol–water partition coefficient (Wildman–Crippen LogP) is 0.349. The van der Waals surface area contributed by atoms with Crippen LogP contribution in [-0.4, -0.2) is 47.9 Å². The van der Waals surface area contributed by atoms with E-state index in [0.717, 1.165) is 0 Å². The number of thiocarbonyl (C=S) groups is 1. The van der Waals surface area contributed by atoms with Gasteiger partial charge in [-0.15, -0.1) is 0 Å². The van der Waals surface area contributed by atoms with Gasteiger partial charge in [0.05, 0.1) is 5.75 Å². The molecule has 0 aliphatic carbocycles. The molecule has 0 amide bonds. The molecule has 0 fully saturated rings. The van der Waals surface area contributed by atoms with Crippen LogP contribution in [0.3, 0.4) is 0 Å². The van der Waals surface area contributed by atoms with E-state index in [1.165, 1.54) is 11.8 Å². The van der Waals surface area contributed by atoms with Crippen LogP contribution in [0.2, 0.25) is 0 Å². The summed E-state index contributed by atoms with van der Waals surface area (Å²) in [4.78, 5) is 0. The van der Waals surface area contributed by atoms with Gasteiger partial charge >= 0.3 is 0 Å². The zero-order valence-corrected chi connectivity index (χ0v) is 10.5. The van der Waals surface area contributed by atoms with Gasteiger partial charge in [-0.25, -0.2) is 5.01 Å². The van der Waals surface area contributed by atoms with Crippen LogP contribution in [0, 0.1) is 0 Å². The molecule has 0 unspecified atom stereocenters. The third kappa shape index (κ3) is 10.2. The summed E-state index contributed by atoms with van der Waals surface area (Å²) >= 11 is 6.28. The van der Waals surface area contributed by atoms with Crippen molar-refractivity contribution in [2.45, 2.75) is 6.42 Å². The molecule has 14 heavy (non-hydrogen) atoms. The summed E-state index contributed by atoms with van der Waals surface area (Å²) in [5.74, 6) is 0.351. The van der Waals surface area contributed by atoms with Gasteiger partial charge in [-0.1, -0.05) is 24.0 Å². The van der Waals surface area contributed by atoms with E-state index in [1.807, 2.05) is 14.1 Å². The Morgan fingerprint density at radius 1 is 1.57 bits per heavy atom. The zero-order valence-electron chi connectivity index (χ0n) is 8.06. The Kier molecular flexibility index (Phi) is 6.62. The van der Waals surface area contributed by atoms with E-state index in [4.69, 9.17) is 16.8 Å². The number of hydrazine groups is 1. The summed E-state index contributed by atoms with van der Waals surface area (Å²) in [5.41, 5.74) is 2.86. The predicted molar refractivity (Wildman–Crippen MR) is 62.9 cm³/mol. The number of nitrogens with one attached hydrogen (secondary N) is 1. The second-order valence-electron chi connectivity index (χ2n) is 2.78. The molecule has 0 heterocycles. The molecule has 0 bridgehead atoms. The number of hydrogen-bond donors (Lipinski definition) is 2. The highest BCUT2D eigenvalue weighted by molar-refractivity contribution is 8.22. The van der Waals surface area contributed by atoms with Crippen molar-refractivity contribution in [3.05, 3.63) is 0 Å². The molecule has 0 aromatic carbocycles. The Balaban J connectivity index is 3.51. The van der Waals surface area contributed by atoms with Gasteiger partial charge in [0.2, 0.25) is 0 Å². The monoisotopic (exact) mass is 258 g/mol. The SMILES string of the molecule is CN(C)NC(=S)SCCCS(=O)(=O)O. The Labute approximate surface area is 94.0 Å². The van der Waals surface area contributed by atoms with Crippen LogP contribution in [-0.2, 0) is 10.1 Å². The van der Waals surface area contributed by atoms with Gasteiger partial charge in [0.1, 0.15) is 4.32 Å². The van der Waals surface area contributed by atoms with Crippen LogP contribution < -0.4 is 5.43 Å². The molecule has 0 aromatic rings. The van der Waals surface area contributed by atoms with E-state index >= 15 is 0 Å². The second kappa shape index (κ2) is 6.57. The first-order chi connectivity index (χ1) is 6.31. The topological polar surface area (TPSA) is 69.6 Å². The third-order valence-corrected chi connectivity index (χ3v) is 3.19. The van der Waals surface area contributed by atoms with Crippen LogP contribution in [0.25, 0.3) is 0 Å². The van der Waals surface area contributed by atoms with Crippen molar-refractivity contribution in [3.63, 3.8) is 0 Å². The Morgan fingerprint density at radius 3 is 2.57 bits per heavy atom. The molecule has 0 saturated heterocycles. The molecule has 0 aromatic heterocycles. The number of thioether (sulfide) groups is 1. The lowest BCUT2D eigenvalue weighted by atomic mass is 10.6. The molecule has 0 aliphatic heterocycles. The van der Waals surface area contributed by atoms with Crippen molar-refractivity contribution in [3.8, 4) is 0 Å². The maximum Gasteiger partial charge on any atom is 0.264 e. The lowest BCUT2D eigenvalue weighted by molar-refractivity contribution is 0.368. The zero-order chi connectivity index (χ0) is 11.2. The minimum atomic E-state index is -3.83. The van der Waals surface area contributed by atoms with E-state index in [9.17, 15) is 8.42 Å². The fourth-order valence-corrected chi connectivity index (χ4v) is 2.47. The van der Waals surface area contributed by atoms with Crippen molar-refractivity contribution in [2.24, 2.45) is 0 Å². The first-order valence-corrected chi connectivity index (χ1v) is 6.87. The smallest absolute Gasteiger partial charge is 0.264 e. The summed E-state index contributed by atoms with van der Waals surface area (Å²) in [6.07, 6.45) is 0.388. The maximum absolute atomic E-state index is 10.3. The number of nitrogens with zero attached hydrogens (tertiary/aromatic N) is 1. The van der Waals surface area contributed by atoms with E-state index in [-0.39, 0.29) is 5.75 Å². The Morgan fingerprint density at radius 2 is 2.14 bits per heavy atom. The van der Waals surface area contributed by atoms with E-state index in [0.29, 0.717) is 16.5 Å². The van der Waals surface area contributed by atoms with Gasteiger partial charge in [-0.3, -0.25) is 4.55 Å². The Bertz CT molecular complexity index is 276. The molecule has 84 valence electrons. The average Bonchev–Trinajstić information content (AvgIpc) is 1.95. The van der Waals surface area contributed by atoms with Crippen molar-refractivity contribution < 1.29 is 13.0 Å². The molecule has 0 saturated carbocycles. The molecule has 0 atom stereocenters. The average molecular weight is 258 g/mol. The Hall–Kier alpha value is 0.110. The fourth-order valence-electron chi connectivity index (χ4n) is 0.621. The minimum Gasteiger partial charge on any atom is -0.305 e. The molecular weight excluding hydrogens is 244 g/mol. The van der Waals surface area contributed by atoms with Crippen LogP contribution in [0.5, 0.6) is 0 Å². The van der Waals surface area contributed by atoms with Gasteiger partial charge in [0.25, 0.3) is 10.1 Å². The van der Waals surface area contributed by atoms with Crippen molar-refractivity contribution in [1.82, 2.24) is 10.4 Å². The minimum absolute atomic E-state index is 0.218. The molecule has 0 aliphatic rings. The van der Waals surface area contributed by atoms with Crippen LogP contribution in [0.4, 0.5) is 0 Å². The van der Waals surface area contributed by atoms with E-state index in [2.05, 4.69) is 5.43 Å². The molecular formula is C6H14N2O3S3. The first-order valence-electron chi connectivity index (χ1n) is 3.87. The highest BCUT2D eigenvalue weighted by Gasteiger charge is 2.04. The summed E-state index contributed by atoms with van der Waals surface area (Å²) in [6.45, 7) is 0. The van der Waals surface area contributed by atoms with Crippen LogP contribution in [0.1, 0.15) is 6.42 Å². The van der Waals surface area contributed by atoms with Crippen LogP contribution >= 0.6 is 24.0 Å². The fraction of sp³-hybridized carbons (Fsp3) is 0.833. The van der Waals surface area contributed by atoms with E-state index in [1.54, 1.807) is 5.01 Å². The van der Waals surface area contributed by atoms with E-state index < -0.39 is 10.1 Å². The highest BCUT2D eigenvalue weighted by atomic mass is 32.2. The molecule has 2 N–H and O–H groups in total. The van der Waals surface area contributed by atoms with Crippen LogP contribution in [0.15, 0.2) is 0 Å². The second-order valence-corrected chi connectivity index (χ2v) is 6.13. The third-order valence-electron chi connectivity index (χ3n) is 1.09. The molecule has 5 nitrogen and oxygen atoms in total. The molecule has 8 heteroatoms. The summed E-state index contributed by atoms with van der Waals surface area (Å²) < 4.78 is 29.7. The highest BCUT2D eigenvalue weighted by Crippen LogP contribution is 2.05. The molecule has 0 rings (SSSR count). The summed E-state index contributed by atoms with van der Waals surface area (Å²) in [5, 5.41) is 1.71. The van der Waals surface area contributed by atoms with Crippen molar-refractivity contribution in [2.75, 3.05) is 25.6 Å². The normalized spacial score (nSPS) is 11.7. The maximum atomic E-state index is 10.3. The lowest BCUT2D eigenvalue weighted by Crippen LogP contribution is -2.33. The van der Waals surface area contributed by atoms with Gasteiger partial charge in [-0.2, -0.15) is 8.42 Å². The summed E-state index contributed by atoms with van der Waals surface area (Å²) in [6, 6.07) is 0. The largest absolute Gasteiger partial charge is 0.305 e. The van der Waals surface area contributed by atoms with Gasteiger partial charge in [-0.05, 0) is 6.42 Å². The van der Waals surface area contributed by atoms with Crippen molar-refractivity contribution >= 4 is 38.4 Å². The summed E-state index contributed by atoms with van der Waals surface area (Å²) in [7, 11) is -0.211. The van der Waals surface area contributed by atoms with Gasteiger partial charge in [0, 0.05) is 19.8 Å². The standard InChI is InChI=1S/C6H14N2O3S3/c1-8(2)7-6(12)13-4-3-5-14(9,10)11/h3-5H2,1-2H3,(H,7,12)(H,9,10,11). The number of hydrogen-bond acceptors (Lipinski definition) is 5. The van der Waals surface area contributed by atoms with Gasteiger partial charge < -0.3 is 5.43 Å². The van der Waals surface area contributed by atoms with Crippen molar-refractivity contribution in [1.29, 1.82) is 0 Å². The molecule has 0 radical (unpaired) electrons. The number of rotatable bonds is 5. The lowest BCUT2D eigenvalue weighted by Gasteiger charge is -2.13. The van der Waals surface area contributed by atoms with Gasteiger partial charge in [0.15, 0.2) is 0 Å². The quantitative estimate of drug-likeness (QED) is 0.319.